The number of furan rings is 1. The van der Waals surface area contributed by atoms with Crippen molar-refractivity contribution in [3.05, 3.63) is 58.5 Å². The topological polar surface area (TPSA) is 70.8 Å². The van der Waals surface area contributed by atoms with Crippen LogP contribution in [0.25, 0.3) is 0 Å². The molecule has 0 radical (unpaired) electrons. The van der Waals surface area contributed by atoms with Gasteiger partial charge in [0.1, 0.15) is 12.0 Å². The Morgan fingerprint density at radius 2 is 1.90 bits per heavy atom. The van der Waals surface area contributed by atoms with Gasteiger partial charge in [-0.1, -0.05) is 6.07 Å². The standard InChI is InChI=1S/C15H13NO4/c1-9-4-13(8-20-9)14(17)16-6-11-3-2-10(15(18)19)5-12(11)7-16/h2-5,8H,6-7H2,1H3,(H,18,19). The number of hydrogen-bond acceptors (Lipinski definition) is 3. The second-order valence-corrected chi connectivity index (χ2v) is 4.90. The van der Waals surface area contributed by atoms with Crippen LogP contribution in [0.15, 0.2) is 34.9 Å². The van der Waals surface area contributed by atoms with Gasteiger partial charge in [0.15, 0.2) is 0 Å². The molecule has 0 aliphatic carbocycles. The molecule has 1 aromatic heterocycles. The highest BCUT2D eigenvalue weighted by atomic mass is 16.4. The predicted octanol–water partition coefficient (Wildman–Crippen LogP) is 2.44. The van der Waals surface area contributed by atoms with Crippen molar-refractivity contribution in [1.29, 1.82) is 0 Å². The largest absolute Gasteiger partial charge is 0.478 e. The van der Waals surface area contributed by atoms with Gasteiger partial charge in [-0.25, -0.2) is 4.79 Å². The van der Waals surface area contributed by atoms with Gasteiger partial charge >= 0.3 is 5.97 Å². The summed E-state index contributed by atoms with van der Waals surface area (Å²) in [6.07, 6.45) is 1.45. The number of aryl methyl sites for hydroxylation is 1. The Morgan fingerprint density at radius 1 is 1.15 bits per heavy atom. The lowest BCUT2D eigenvalue weighted by Crippen LogP contribution is -2.24. The minimum absolute atomic E-state index is 0.102. The van der Waals surface area contributed by atoms with E-state index in [1.54, 1.807) is 36.1 Å². The second kappa shape index (κ2) is 4.52. The lowest BCUT2D eigenvalue weighted by molar-refractivity contribution is 0.0696. The molecule has 0 fully saturated rings. The highest BCUT2D eigenvalue weighted by Gasteiger charge is 2.25. The Labute approximate surface area is 115 Å². The molecule has 0 saturated carbocycles. The molecule has 20 heavy (non-hydrogen) atoms. The fraction of sp³-hybridized carbons (Fsp3) is 0.200. The molecular formula is C15H13NO4. The molecule has 3 rings (SSSR count). The third-order valence-corrected chi connectivity index (χ3v) is 3.44. The predicted molar refractivity (Wildman–Crippen MR) is 70.4 cm³/mol. The van der Waals surface area contributed by atoms with Gasteiger partial charge in [-0.05, 0) is 36.2 Å². The van der Waals surface area contributed by atoms with Crippen LogP contribution in [0.4, 0.5) is 0 Å². The average molecular weight is 271 g/mol. The van der Waals surface area contributed by atoms with Gasteiger partial charge < -0.3 is 14.4 Å². The number of aromatic carboxylic acids is 1. The Hall–Kier alpha value is -2.56. The Balaban J connectivity index is 1.83. The third kappa shape index (κ3) is 2.07. The van der Waals surface area contributed by atoms with Crippen molar-refractivity contribution in [2.45, 2.75) is 20.0 Å². The maximum absolute atomic E-state index is 12.3. The fourth-order valence-corrected chi connectivity index (χ4v) is 2.41. The number of carbonyl (C=O) groups is 2. The van der Waals surface area contributed by atoms with Crippen LogP contribution in [0.5, 0.6) is 0 Å². The first-order valence-electron chi connectivity index (χ1n) is 6.24. The lowest BCUT2D eigenvalue weighted by Gasteiger charge is -2.13. The molecule has 0 saturated heterocycles. The molecule has 0 spiro atoms. The molecule has 2 heterocycles. The van der Waals surface area contributed by atoms with Crippen LogP contribution < -0.4 is 0 Å². The summed E-state index contributed by atoms with van der Waals surface area (Å²) >= 11 is 0. The summed E-state index contributed by atoms with van der Waals surface area (Å²) in [4.78, 5) is 24.9. The molecule has 0 unspecified atom stereocenters. The molecular weight excluding hydrogens is 258 g/mol. The summed E-state index contributed by atoms with van der Waals surface area (Å²) in [6.45, 7) is 2.71. The van der Waals surface area contributed by atoms with E-state index in [0.29, 0.717) is 24.4 Å². The SMILES string of the molecule is Cc1cc(C(=O)N2Cc3ccc(C(=O)O)cc3C2)co1. The van der Waals surface area contributed by atoms with E-state index in [4.69, 9.17) is 9.52 Å². The molecule has 2 aromatic rings. The number of carboxylic acids is 1. The van der Waals surface area contributed by atoms with Crippen molar-refractivity contribution in [3.8, 4) is 0 Å². The third-order valence-electron chi connectivity index (χ3n) is 3.44. The van der Waals surface area contributed by atoms with Gasteiger partial charge in [-0.3, -0.25) is 4.79 Å². The van der Waals surface area contributed by atoms with Gasteiger partial charge in [-0.15, -0.1) is 0 Å². The van der Waals surface area contributed by atoms with Crippen LogP contribution >= 0.6 is 0 Å². The number of benzene rings is 1. The van der Waals surface area contributed by atoms with E-state index in [1.165, 1.54) is 6.26 Å². The Kier molecular flexibility index (Phi) is 2.82. The van der Waals surface area contributed by atoms with Crippen molar-refractivity contribution in [3.63, 3.8) is 0 Å². The lowest BCUT2D eigenvalue weighted by atomic mass is 10.1. The van der Waals surface area contributed by atoms with E-state index in [0.717, 1.165) is 11.1 Å². The zero-order valence-electron chi connectivity index (χ0n) is 10.9. The van der Waals surface area contributed by atoms with Crippen molar-refractivity contribution in [2.24, 2.45) is 0 Å². The number of rotatable bonds is 2. The van der Waals surface area contributed by atoms with Crippen molar-refractivity contribution in [2.75, 3.05) is 0 Å². The van der Waals surface area contributed by atoms with E-state index in [1.807, 2.05) is 0 Å². The van der Waals surface area contributed by atoms with Crippen LogP contribution in [0.1, 0.15) is 37.6 Å². The summed E-state index contributed by atoms with van der Waals surface area (Å²) in [5.41, 5.74) is 2.65. The van der Waals surface area contributed by atoms with Crippen LogP contribution in [0, 0.1) is 6.92 Å². The quantitative estimate of drug-likeness (QED) is 0.910. The molecule has 1 amide bonds. The number of fused-ring (bicyclic) bond motifs is 1. The number of amides is 1. The van der Waals surface area contributed by atoms with E-state index in [9.17, 15) is 9.59 Å². The average Bonchev–Trinajstić information content (AvgIpc) is 3.02. The van der Waals surface area contributed by atoms with Crippen molar-refractivity contribution in [1.82, 2.24) is 4.90 Å². The maximum atomic E-state index is 12.3. The van der Waals surface area contributed by atoms with Crippen molar-refractivity contribution < 1.29 is 19.1 Å². The van der Waals surface area contributed by atoms with E-state index < -0.39 is 5.97 Å². The molecule has 5 heteroatoms. The summed E-state index contributed by atoms with van der Waals surface area (Å²) in [5.74, 6) is -0.365. The first-order chi connectivity index (χ1) is 9.54. The molecule has 1 aliphatic heterocycles. The number of carbonyl (C=O) groups excluding carboxylic acids is 1. The number of carboxylic acid groups (broad SMARTS) is 1. The van der Waals surface area contributed by atoms with Crippen molar-refractivity contribution >= 4 is 11.9 Å². The molecule has 0 atom stereocenters. The summed E-state index contributed by atoms with van der Waals surface area (Å²) < 4.78 is 5.15. The highest BCUT2D eigenvalue weighted by molar-refractivity contribution is 5.94. The molecule has 5 nitrogen and oxygen atoms in total. The fourth-order valence-electron chi connectivity index (χ4n) is 2.41. The summed E-state index contributed by atoms with van der Waals surface area (Å²) in [7, 11) is 0. The van der Waals surface area contributed by atoms with Gasteiger partial charge in [0.05, 0.1) is 11.1 Å². The zero-order valence-corrected chi connectivity index (χ0v) is 10.9. The van der Waals surface area contributed by atoms with E-state index >= 15 is 0 Å². The van der Waals surface area contributed by atoms with Crippen LogP contribution in [0.3, 0.4) is 0 Å². The Bertz CT molecular complexity index is 702. The molecule has 1 N–H and O–H groups in total. The number of hydrogen-bond donors (Lipinski definition) is 1. The monoisotopic (exact) mass is 271 g/mol. The first-order valence-corrected chi connectivity index (χ1v) is 6.24. The summed E-state index contributed by atoms with van der Waals surface area (Å²) in [6, 6.07) is 6.67. The smallest absolute Gasteiger partial charge is 0.335 e. The van der Waals surface area contributed by atoms with E-state index in [2.05, 4.69) is 0 Å². The van der Waals surface area contributed by atoms with Crippen LogP contribution in [-0.4, -0.2) is 21.9 Å². The minimum atomic E-state index is -0.956. The second-order valence-electron chi connectivity index (χ2n) is 4.90. The normalized spacial score (nSPS) is 13.3. The molecule has 1 aliphatic rings. The van der Waals surface area contributed by atoms with Gasteiger partial charge in [0.2, 0.25) is 0 Å². The summed E-state index contributed by atoms with van der Waals surface area (Å²) in [5, 5.41) is 8.98. The molecule has 0 bridgehead atoms. The Morgan fingerprint density at radius 3 is 2.55 bits per heavy atom. The van der Waals surface area contributed by atoms with Gasteiger partial charge in [0, 0.05) is 13.1 Å². The molecule has 1 aromatic carbocycles. The van der Waals surface area contributed by atoms with Crippen LogP contribution in [0.2, 0.25) is 0 Å². The zero-order chi connectivity index (χ0) is 14.3. The maximum Gasteiger partial charge on any atom is 0.335 e. The number of nitrogens with zero attached hydrogens (tertiary/aromatic N) is 1. The van der Waals surface area contributed by atoms with Gasteiger partial charge in [-0.2, -0.15) is 0 Å². The van der Waals surface area contributed by atoms with E-state index in [-0.39, 0.29) is 11.5 Å². The highest BCUT2D eigenvalue weighted by Crippen LogP contribution is 2.25. The van der Waals surface area contributed by atoms with Gasteiger partial charge in [0.25, 0.3) is 5.91 Å². The minimum Gasteiger partial charge on any atom is -0.478 e. The first kappa shape index (κ1) is 12.5. The molecule has 102 valence electrons. The van der Waals surface area contributed by atoms with Crippen LogP contribution in [-0.2, 0) is 13.1 Å².